The van der Waals surface area contributed by atoms with E-state index in [0.717, 1.165) is 26.3 Å². The molecule has 0 spiro atoms. The molecule has 0 saturated carbocycles. The zero-order valence-electron chi connectivity index (χ0n) is 17.2. The van der Waals surface area contributed by atoms with E-state index >= 15 is 0 Å². The SMILES string of the molecule is C=C(Cc1ccc(F)cc1)Cn1c(=O)cc(O)n(CC(C)Cc2ccc(F)cc2)c1=O. The van der Waals surface area contributed by atoms with E-state index in [1.54, 1.807) is 24.3 Å². The molecule has 1 N–H and O–H groups in total. The van der Waals surface area contributed by atoms with E-state index in [9.17, 15) is 23.5 Å². The third-order valence-corrected chi connectivity index (χ3v) is 5.00. The number of hydrogen-bond acceptors (Lipinski definition) is 3. The van der Waals surface area contributed by atoms with E-state index in [-0.39, 0.29) is 30.6 Å². The molecule has 1 heterocycles. The summed E-state index contributed by atoms with van der Waals surface area (Å²) in [4.78, 5) is 25.2. The Morgan fingerprint density at radius 3 is 2.10 bits per heavy atom. The van der Waals surface area contributed by atoms with Crippen LogP contribution in [-0.2, 0) is 25.9 Å². The average molecular weight is 426 g/mol. The lowest BCUT2D eigenvalue weighted by Gasteiger charge is -2.17. The van der Waals surface area contributed by atoms with Crippen molar-refractivity contribution >= 4 is 0 Å². The Balaban J connectivity index is 1.76. The molecule has 1 unspecified atom stereocenters. The Morgan fingerprint density at radius 1 is 0.968 bits per heavy atom. The molecule has 0 bridgehead atoms. The third-order valence-electron chi connectivity index (χ3n) is 5.00. The number of halogens is 2. The molecule has 2 aromatic carbocycles. The molecule has 0 aliphatic carbocycles. The van der Waals surface area contributed by atoms with Gasteiger partial charge in [-0.3, -0.25) is 13.9 Å². The first-order valence-corrected chi connectivity index (χ1v) is 9.92. The highest BCUT2D eigenvalue weighted by Gasteiger charge is 2.15. The molecule has 3 aromatic rings. The number of nitrogens with zero attached hydrogens (tertiary/aromatic N) is 2. The monoisotopic (exact) mass is 426 g/mol. The number of aromatic nitrogens is 2. The predicted molar refractivity (Wildman–Crippen MR) is 115 cm³/mol. The molecule has 0 radical (unpaired) electrons. The second kappa shape index (κ2) is 9.55. The summed E-state index contributed by atoms with van der Waals surface area (Å²) < 4.78 is 28.3. The largest absolute Gasteiger partial charge is 0.494 e. The minimum Gasteiger partial charge on any atom is -0.494 e. The molecule has 5 nitrogen and oxygen atoms in total. The summed E-state index contributed by atoms with van der Waals surface area (Å²) in [6, 6.07) is 13.0. The molecule has 0 aliphatic heterocycles. The van der Waals surface area contributed by atoms with E-state index < -0.39 is 17.1 Å². The van der Waals surface area contributed by atoms with Crippen LogP contribution in [0.25, 0.3) is 0 Å². The number of allylic oxidation sites excluding steroid dienone is 1. The van der Waals surface area contributed by atoms with Gasteiger partial charge < -0.3 is 5.11 Å². The Bertz CT molecular complexity index is 1180. The van der Waals surface area contributed by atoms with Crippen molar-refractivity contribution in [3.8, 4) is 5.88 Å². The van der Waals surface area contributed by atoms with Crippen molar-refractivity contribution in [3.63, 3.8) is 0 Å². The number of aromatic hydroxyl groups is 1. The van der Waals surface area contributed by atoms with Crippen LogP contribution in [0.15, 0.2) is 76.3 Å². The maximum absolute atomic E-state index is 13.1. The number of hydrogen-bond donors (Lipinski definition) is 1. The van der Waals surface area contributed by atoms with E-state index in [1.807, 2.05) is 6.92 Å². The molecule has 0 amide bonds. The van der Waals surface area contributed by atoms with E-state index in [2.05, 4.69) is 6.58 Å². The highest BCUT2D eigenvalue weighted by Crippen LogP contribution is 2.14. The second-order valence-corrected chi connectivity index (χ2v) is 7.81. The van der Waals surface area contributed by atoms with Gasteiger partial charge in [-0.1, -0.05) is 43.3 Å². The maximum Gasteiger partial charge on any atom is 0.334 e. The third kappa shape index (κ3) is 5.78. The minimum atomic E-state index is -0.629. The van der Waals surface area contributed by atoms with Gasteiger partial charge in [-0.15, -0.1) is 0 Å². The molecule has 0 aliphatic rings. The van der Waals surface area contributed by atoms with Crippen LogP contribution in [-0.4, -0.2) is 14.2 Å². The van der Waals surface area contributed by atoms with Gasteiger partial charge in [-0.25, -0.2) is 13.6 Å². The molecule has 3 rings (SSSR count). The lowest BCUT2D eigenvalue weighted by molar-refractivity contribution is 0.357. The van der Waals surface area contributed by atoms with Crippen molar-refractivity contribution in [1.82, 2.24) is 9.13 Å². The first kappa shape index (κ1) is 22.2. The summed E-state index contributed by atoms with van der Waals surface area (Å²) in [5.74, 6) is -1.12. The van der Waals surface area contributed by atoms with Gasteiger partial charge in [-0.2, -0.15) is 0 Å². The topological polar surface area (TPSA) is 64.2 Å². The van der Waals surface area contributed by atoms with Crippen LogP contribution >= 0.6 is 0 Å². The van der Waals surface area contributed by atoms with Gasteiger partial charge in [0.2, 0.25) is 5.88 Å². The first-order valence-electron chi connectivity index (χ1n) is 9.92. The van der Waals surface area contributed by atoms with Crippen LogP contribution in [0.3, 0.4) is 0 Å². The fourth-order valence-electron chi connectivity index (χ4n) is 3.49. The van der Waals surface area contributed by atoms with Gasteiger partial charge in [0.1, 0.15) is 11.6 Å². The highest BCUT2D eigenvalue weighted by atomic mass is 19.1. The normalized spacial score (nSPS) is 12.0. The molecule has 0 fully saturated rings. The molecule has 1 aromatic heterocycles. The quantitative estimate of drug-likeness (QED) is 0.559. The highest BCUT2D eigenvalue weighted by molar-refractivity contribution is 5.22. The van der Waals surface area contributed by atoms with Crippen LogP contribution in [0.4, 0.5) is 8.78 Å². The molecule has 7 heteroatoms. The Kier molecular flexibility index (Phi) is 6.84. The van der Waals surface area contributed by atoms with Crippen molar-refractivity contribution in [2.24, 2.45) is 5.92 Å². The number of benzene rings is 2. The lowest BCUT2D eigenvalue weighted by atomic mass is 10.0. The molecule has 162 valence electrons. The van der Waals surface area contributed by atoms with Crippen LogP contribution in [0.1, 0.15) is 18.1 Å². The average Bonchev–Trinajstić information content (AvgIpc) is 2.72. The molecule has 31 heavy (non-hydrogen) atoms. The van der Waals surface area contributed by atoms with Crippen molar-refractivity contribution in [3.05, 3.63) is 110 Å². The predicted octanol–water partition coefficient (Wildman–Crippen LogP) is 3.67. The lowest BCUT2D eigenvalue weighted by Crippen LogP contribution is -2.40. The van der Waals surface area contributed by atoms with Crippen LogP contribution < -0.4 is 11.2 Å². The summed E-state index contributed by atoms with van der Waals surface area (Å²) in [5, 5.41) is 10.2. The van der Waals surface area contributed by atoms with Crippen LogP contribution in [0, 0.1) is 17.6 Å². The molecular weight excluding hydrogens is 402 g/mol. The Hall–Kier alpha value is -3.48. The van der Waals surface area contributed by atoms with E-state index in [4.69, 9.17) is 0 Å². The van der Waals surface area contributed by atoms with Gasteiger partial charge in [-0.05, 0) is 54.2 Å². The van der Waals surface area contributed by atoms with Crippen molar-refractivity contribution in [1.29, 1.82) is 0 Å². The molecule has 0 saturated heterocycles. The fourth-order valence-corrected chi connectivity index (χ4v) is 3.49. The summed E-state index contributed by atoms with van der Waals surface area (Å²) in [6.07, 6.45) is 0.955. The van der Waals surface area contributed by atoms with Gasteiger partial charge in [0.05, 0.1) is 12.6 Å². The van der Waals surface area contributed by atoms with E-state index in [1.165, 1.54) is 24.3 Å². The Labute approximate surface area is 178 Å². The van der Waals surface area contributed by atoms with Crippen LogP contribution in [0.2, 0.25) is 0 Å². The van der Waals surface area contributed by atoms with E-state index in [0.29, 0.717) is 18.4 Å². The summed E-state index contributed by atoms with van der Waals surface area (Å²) in [7, 11) is 0. The van der Waals surface area contributed by atoms with Crippen molar-refractivity contribution in [2.45, 2.75) is 32.9 Å². The Morgan fingerprint density at radius 2 is 1.52 bits per heavy atom. The van der Waals surface area contributed by atoms with Gasteiger partial charge in [0.15, 0.2) is 0 Å². The van der Waals surface area contributed by atoms with Gasteiger partial charge in [0, 0.05) is 6.54 Å². The summed E-state index contributed by atoms with van der Waals surface area (Å²) >= 11 is 0. The summed E-state index contributed by atoms with van der Waals surface area (Å²) in [6.45, 7) is 6.01. The van der Waals surface area contributed by atoms with Crippen molar-refractivity contribution in [2.75, 3.05) is 0 Å². The molecular formula is C24H24F2N2O3. The zero-order chi connectivity index (χ0) is 22.5. The first-order chi connectivity index (χ1) is 14.7. The number of rotatable bonds is 8. The standard InChI is InChI=1S/C24H24F2N2O3/c1-16(11-18-3-7-20(25)8-4-18)14-27-22(29)13-23(30)28(24(27)31)15-17(2)12-19-5-9-21(26)10-6-19/h3-10,13,17,30H,1,11-12,14-15H2,2H3. The minimum absolute atomic E-state index is 0.0122. The second-order valence-electron chi connectivity index (χ2n) is 7.81. The van der Waals surface area contributed by atoms with Crippen molar-refractivity contribution < 1.29 is 13.9 Å². The van der Waals surface area contributed by atoms with Crippen LogP contribution in [0.5, 0.6) is 5.88 Å². The smallest absolute Gasteiger partial charge is 0.334 e. The fraction of sp³-hybridized carbons (Fsp3) is 0.250. The van der Waals surface area contributed by atoms with Gasteiger partial charge >= 0.3 is 5.69 Å². The molecule has 1 atom stereocenters. The zero-order valence-corrected chi connectivity index (χ0v) is 17.2. The summed E-state index contributed by atoms with van der Waals surface area (Å²) in [5.41, 5.74) is 1.07. The maximum atomic E-state index is 13.1. The van der Waals surface area contributed by atoms with Gasteiger partial charge in [0.25, 0.3) is 5.56 Å².